The number of anilines is 1. The first kappa shape index (κ1) is 14.6. The quantitative estimate of drug-likeness (QED) is 0.898. The molecule has 1 heterocycles. The van der Waals surface area contributed by atoms with E-state index < -0.39 is 5.41 Å². The smallest absolute Gasteiger partial charge is 0.246 e. The maximum atomic E-state index is 12.4. The van der Waals surface area contributed by atoms with E-state index in [-0.39, 0.29) is 24.4 Å². The molecule has 2 amide bonds. The minimum absolute atomic E-state index is 0.0504. The van der Waals surface area contributed by atoms with E-state index in [1.54, 1.807) is 4.90 Å². The van der Waals surface area contributed by atoms with Gasteiger partial charge in [-0.15, -0.1) is 0 Å². The fourth-order valence-corrected chi connectivity index (χ4v) is 2.45. The zero-order valence-corrected chi connectivity index (χ0v) is 12.6. The molecular formula is C16H22N2O2. The van der Waals surface area contributed by atoms with Crippen LogP contribution in [0.4, 0.5) is 5.69 Å². The third-order valence-electron chi connectivity index (χ3n) is 3.56. The summed E-state index contributed by atoms with van der Waals surface area (Å²) in [5.74, 6) is -0.161. The van der Waals surface area contributed by atoms with Crippen LogP contribution in [0.25, 0.3) is 0 Å². The summed E-state index contributed by atoms with van der Waals surface area (Å²) in [6.07, 6.45) is 0.870. The molecule has 0 aliphatic carbocycles. The van der Waals surface area contributed by atoms with Gasteiger partial charge in [-0.05, 0) is 25.0 Å². The van der Waals surface area contributed by atoms with Gasteiger partial charge in [-0.25, -0.2) is 0 Å². The van der Waals surface area contributed by atoms with Crippen LogP contribution in [0.1, 0.15) is 33.3 Å². The first-order valence-electron chi connectivity index (χ1n) is 6.99. The van der Waals surface area contributed by atoms with Gasteiger partial charge in [-0.2, -0.15) is 0 Å². The Kier molecular flexibility index (Phi) is 3.84. The van der Waals surface area contributed by atoms with E-state index in [1.807, 2.05) is 52.0 Å². The van der Waals surface area contributed by atoms with Crippen molar-refractivity contribution in [2.24, 2.45) is 5.41 Å². The Morgan fingerprint density at radius 3 is 2.60 bits per heavy atom. The predicted octanol–water partition coefficient (Wildman–Crippen LogP) is 2.13. The van der Waals surface area contributed by atoms with Crippen LogP contribution in [0, 0.1) is 5.41 Å². The molecule has 20 heavy (non-hydrogen) atoms. The molecule has 0 unspecified atom stereocenters. The summed E-state index contributed by atoms with van der Waals surface area (Å²) in [7, 11) is 0. The molecule has 0 fully saturated rings. The van der Waals surface area contributed by atoms with Crippen molar-refractivity contribution in [3.63, 3.8) is 0 Å². The minimum atomic E-state index is -0.477. The van der Waals surface area contributed by atoms with E-state index >= 15 is 0 Å². The third kappa shape index (κ3) is 2.84. The van der Waals surface area contributed by atoms with E-state index in [1.165, 1.54) is 5.56 Å². The molecule has 108 valence electrons. The number of nitrogens with one attached hydrogen (secondary N) is 1. The first-order valence-corrected chi connectivity index (χ1v) is 6.99. The number of hydrogen-bond donors (Lipinski definition) is 1. The fourth-order valence-electron chi connectivity index (χ4n) is 2.45. The molecule has 1 N–H and O–H groups in total. The molecule has 1 aliphatic rings. The molecule has 0 spiro atoms. The predicted molar refractivity (Wildman–Crippen MR) is 79.6 cm³/mol. The van der Waals surface area contributed by atoms with Gasteiger partial charge in [-0.3, -0.25) is 9.59 Å². The summed E-state index contributed by atoms with van der Waals surface area (Å²) < 4.78 is 0. The molecule has 0 saturated heterocycles. The molecule has 0 bridgehead atoms. The maximum absolute atomic E-state index is 12.4. The lowest BCUT2D eigenvalue weighted by atomic mass is 9.96. The summed E-state index contributed by atoms with van der Waals surface area (Å²) in [6.45, 7) is 7.58. The van der Waals surface area contributed by atoms with Crippen molar-refractivity contribution in [1.82, 2.24) is 5.32 Å². The molecule has 1 atom stereocenters. The van der Waals surface area contributed by atoms with Gasteiger partial charge in [0, 0.05) is 17.1 Å². The highest BCUT2D eigenvalue weighted by molar-refractivity contribution is 5.99. The van der Waals surface area contributed by atoms with Crippen molar-refractivity contribution in [3.05, 3.63) is 29.8 Å². The normalized spacial score (nSPS) is 17.8. The van der Waals surface area contributed by atoms with Crippen LogP contribution in [-0.2, 0) is 16.0 Å². The standard InChI is InChI=1S/C16H22N2O2/c1-11-9-12-7-5-6-8-13(12)18(11)14(19)10-17-15(20)16(2,3)4/h5-8,11H,9-10H2,1-4H3,(H,17,20)/t11-/m1/s1. The Morgan fingerprint density at radius 1 is 1.30 bits per heavy atom. The first-order chi connectivity index (χ1) is 9.30. The summed E-state index contributed by atoms with van der Waals surface area (Å²) in [5, 5.41) is 2.72. The van der Waals surface area contributed by atoms with Gasteiger partial charge < -0.3 is 10.2 Å². The van der Waals surface area contributed by atoms with E-state index in [4.69, 9.17) is 0 Å². The molecule has 4 heteroatoms. The monoisotopic (exact) mass is 274 g/mol. The van der Waals surface area contributed by atoms with Gasteiger partial charge in [0.25, 0.3) is 0 Å². The summed E-state index contributed by atoms with van der Waals surface area (Å²) in [4.78, 5) is 26.0. The van der Waals surface area contributed by atoms with E-state index in [0.717, 1.165) is 12.1 Å². The number of benzene rings is 1. The number of fused-ring (bicyclic) bond motifs is 1. The highest BCUT2D eigenvalue weighted by Gasteiger charge is 2.31. The van der Waals surface area contributed by atoms with Crippen molar-refractivity contribution in [2.75, 3.05) is 11.4 Å². The lowest BCUT2D eigenvalue weighted by molar-refractivity contribution is -0.130. The highest BCUT2D eigenvalue weighted by Crippen LogP contribution is 2.31. The van der Waals surface area contributed by atoms with Gasteiger partial charge in [-0.1, -0.05) is 39.0 Å². The van der Waals surface area contributed by atoms with Crippen LogP contribution >= 0.6 is 0 Å². The lowest BCUT2D eigenvalue weighted by Gasteiger charge is -2.24. The van der Waals surface area contributed by atoms with Gasteiger partial charge in [0.2, 0.25) is 11.8 Å². The lowest BCUT2D eigenvalue weighted by Crippen LogP contribution is -2.45. The molecule has 1 aromatic rings. The molecule has 0 aromatic heterocycles. The van der Waals surface area contributed by atoms with E-state index in [2.05, 4.69) is 5.32 Å². The van der Waals surface area contributed by atoms with Crippen LogP contribution < -0.4 is 10.2 Å². The van der Waals surface area contributed by atoms with Gasteiger partial charge in [0.1, 0.15) is 0 Å². The number of amides is 2. The van der Waals surface area contributed by atoms with Crippen molar-refractivity contribution in [2.45, 2.75) is 40.2 Å². The van der Waals surface area contributed by atoms with Crippen molar-refractivity contribution in [1.29, 1.82) is 0 Å². The molecule has 1 aromatic carbocycles. The largest absolute Gasteiger partial charge is 0.347 e. The Morgan fingerprint density at radius 2 is 1.95 bits per heavy atom. The van der Waals surface area contributed by atoms with Gasteiger partial charge in [0.05, 0.1) is 6.54 Å². The van der Waals surface area contributed by atoms with Crippen LogP contribution in [0.15, 0.2) is 24.3 Å². The molecule has 4 nitrogen and oxygen atoms in total. The second kappa shape index (κ2) is 5.27. The topological polar surface area (TPSA) is 49.4 Å². The number of hydrogen-bond acceptors (Lipinski definition) is 2. The number of rotatable bonds is 2. The highest BCUT2D eigenvalue weighted by atomic mass is 16.2. The van der Waals surface area contributed by atoms with Crippen LogP contribution in [-0.4, -0.2) is 24.4 Å². The SMILES string of the molecule is C[C@@H]1Cc2ccccc2N1C(=O)CNC(=O)C(C)(C)C. The van der Waals surface area contributed by atoms with Gasteiger partial charge >= 0.3 is 0 Å². The second-order valence-electron chi connectivity index (χ2n) is 6.38. The summed E-state index contributed by atoms with van der Waals surface area (Å²) in [6, 6.07) is 8.08. The molecule has 0 saturated carbocycles. The Labute approximate surface area is 120 Å². The maximum Gasteiger partial charge on any atom is 0.246 e. The zero-order valence-electron chi connectivity index (χ0n) is 12.6. The minimum Gasteiger partial charge on any atom is -0.347 e. The van der Waals surface area contributed by atoms with Crippen LogP contribution in [0.5, 0.6) is 0 Å². The average Bonchev–Trinajstić information content (AvgIpc) is 2.70. The molecular weight excluding hydrogens is 252 g/mol. The number of para-hydroxylation sites is 1. The molecule has 1 aliphatic heterocycles. The molecule has 0 radical (unpaired) electrons. The zero-order chi connectivity index (χ0) is 14.9. The van der Waals surface area contributed by atoms with Gasteiger partial charge in [0.15, 0.2) is 0 Å². The van der Waals surface area contributed by atoms with E-state index in [9.17, 15) is 9.59 Å². The van der Waals surface area contributed by atoms with E-state index in [0.29, 0.717) is 0 Å². The fraction of sp³-hybridized carbons (Fsp3) is 0.500. The molecule has 2 rings (SSSR count). The van der Waals surface area contributed by atoms with Crippen molar-refractivity contribution >= 4 is 17.5 Å². The second-order valence-corrected chi connectivity index (χ2v) is 6.38. The summed E-state index contributed by atoms with van der Waals surface area (Å²) in [5.41, 5.74) is 1.68. The van der Waals surface area contributed by atoms with Crippen molar-refractivity contribution in [3.8, 4) is 0 Å². The average molecular weight is 274 g/mol. The van der Waals surface area contributed by atoms with Crippen LogP contribution in [0.2, 0.25) is 0 Å². The Bertz CT molecular complexity index is 532. The van der Waals surface area contributed by atoms with Crippen molar-refractivity contribution < 1.29 is 9.59 Å². The Hall–Kier alpha value is -1.84. The van der Waals surface area contributed by atoms with Crippen LogP contribution in [0.3, 0.4) is 0 Å². The number of nitrogens with zero attached hydrogens (tertiary/aromatic N) is 1. The number of carbonyl (C=O) groups is 2. The Balaban J connectivity index is 2.05. The number of carbonyl (C=O) groups excluding carboxylic acids is 2. The summed E-state index contributed by atoms with van der Waals surface area (Å²) >= 11 is 0. The third-order valence-corrected chi connectivity index (χ3v) is 3.56.